The third-order valence-electron chi connectivity index (χ3n) is 3.92. The van der Waals surface area contributed by atoms with Crippen molar-refractivity contribution in [1.82, 2.24) is 24.9 Å². The van der Waals surface area contributed by atoms with Crippen molar-refractivity contribution in [2.45, 2.75) is 13.0 Å². The summed E-state index contributed by atoms with van der Waals surface area (Å²) in [6.07, 6.45) is 0.219. The largest absolute Gasteiger partial charge is 0.439 e. The molecular formula is C17H14N6O3S2. The lowest BCUT2D eigenvalue weighted by atomic mass is 10.2. The van der Waals surface area contributed by atoms with Crippen molar-refractivity contribution in [2.24, 2.45) is 0 Å². The molecule has 1 amide bonds. The molecule has 28 heavy (non-hydrogen) atoms. The molecule has 0 atom stereocenters. The summed E-state index contributed by atoms with van der Waals surface area (Å²) in [5, 5.41) is 15.4. The van der Waals surface area contributed by atoms with E-state index in [2.05, 4.69) is 30.2 Å². The van der Waals surface area contributed by atoms with Crippen LogP contribution in [0.15, 0.2) is 51.1 Å². The van der Waals surface area contributed by atoms with Gasteiger partial charge in [0.2, 0.25) is 5.91 Å². The lowest BCUT2D eigenvalue weighted by molar-refractivity contribution is -0.116. The predicted octanol–water partition coefficient (Wildman–Crippen LogP) is 3.04. The molecule has 9 nitrogen and oxygen atoms in total. The van der Waals surface area contributed by atoms with E-state index in [0.717, 1.165) is 4.88 Å². The molecule has 0 saturated heterocycles. The number of hydrogen-bond acceptors (Lipinski definition) is 7. The van der Waals surface area contributed by atoms with E-state index < -0.39 is 5.76 Å². The Morgan fingerprint density at radius 2 is 2.21 bits per heavy atom. The molecule has 0 radical (unpaired) electrons. The fourth-order valence-corrected chi connectivity index (χ4v) is 3.60. The number of H-pyrrole nitrogens is 2. The highest BCUT2D eigenvalue weighted by atomic mass is 32.1. The van der Waals surface area contributed by atoms with Gasteiger partial charge in [-0.15, -0.1) is 11.3 Å². The second-order valence-electron chi connectivity index (χ2n) is 5.80. The van der Waals surface area contributed by atoms with Gasteiger partial charge in [0.05, 0.1) is 4.88 Å². The van der Waals surface area contributed by atoms with Crippen molar-refractivity contribution in [1.29, 1.82) is 0 Å². The van der Waals surface area contributed by atoms with Crippen molar-refractivity contribution < 1.29 is 9.32 Å². The highest BCUT2D eigenvalue weighted by Crippen LogP contribution is 2.23. The van der Waals surface area contributed by atoms with Crippen molar-refractivity contribution >= 4 is 35.1 Å². The highest BCUT2D eigenvalue weighted by molar-refractivity contribution is 7.71. The molecule has 0 bridgehead atoms. The van der Waals surface area contributed by atoms with Gasteiger partial charge >= 0.3 is 5.76 Å². The third-order valence-corrected chi connectivity index (χ3v) is 5.10. The van der Waals surface area contributed by atoms with E-state index in [1.807, 2.05) is 17.5 Å². The Balaban J connectivity index is 1.44. The highest BCUT2D eigenvalue weighted by Gasteiger charge is 2.12. The fraction of sp³-hybridized carbons (Fsp3) is 0.118. The molecule has 11 heteroatoms. The number of rotatable bonds is 6. The number of anilines is 1. The van der Waals surface area contributed by atoms with Gasteiger partial charge in [-0.05, 0) is 35.8 Å². The van der Waals surface area contributed by atoms with Gasteiger partial charge in [0.15, 0.2) is 16.4 Å². The van der Waals surface area contributed by atoms with Crippen molar-refractivity contribution in [3.8, 4) is 22.1 Å². The van der Waals surface area contributed by atoms with E-state index in [0.29, 0.717) is 34.2 Å². The maximum absolute atomic E-state index is 12.4. The Hall–Kier alpha value is -3.31. The number of hydrogen-bond donors (Lipinski definition) is 3. The minimum atomic E-state index is -0.636. The molecule has 4 rings (SSSR count). The molecule has 0 spiro atoms. The Bertz CT molecular complexity index is 1220. The second kappa shape index (κ2) is 7.74. The monoisotopic (exact) mass is 414 g/mol. The van der Waals surface area contributed by atoms with Crippen LogP contribution in [-0.2, 0) is 11.3 Å². The van der Waals surface area contributed by atoms with Crippen LogP contribution >= 0.6 is 23.6 Å². The van der Waals surface area contributed by atoms with Gasteiger partial charge in [-0.1, -0.05) is 23.4 Å². The number of thiophene rings is 1. The van der Waals surface area contributed by atoms with Gasteiger partial charge in [-0.2, -0.15) is 5.10 Å². The van der Waals surface area contributed by atoms with E-state index in [-0.39, 0.29) is 12.3 Å². The Morgan fingerprint density at radius 3 is 2.96 bits per heavy atom. The van der Waals surface area contributed by atoms with Gasteiger partial charge in [-0.3, -0.25) is 24.0 Å². The molecule has 142 valence electrons. The summed E-state index contributed by atoms with van der Waals surface area (Å²) in [5.74, 6) is 0.199. The molecule has 4 aromatic rings. The third kappa shape index (κ3) is 3.85. The van der Waals surface area contributed by atoms with Crippen LogP contribution in [0.2, 0.25) is 0 Å². The molecule has 0 saturated carbocycles. The molecule has 3 N–H and O–H groups in total. The smallest absolute Gasteiger partial charge is 0.326 e. The van der Waals surface area contributed by atoms with Crippen molar-refractivity contribution in [3.05, 3.63) is 57.1 Å². The lowest BCUT2D eigenvalue weighted by Gasteiger charge is -2.08. The standard InChI is InChI=1S/C17H14N6O3S2/c24-13(6-7-23-15(20-21-16(23)27)12-5-2-8-28-12)18-11-4-1-3-10(9-11)14-19-17(25)26-22-14/h1-5,8-9H,6-7H2,(H,18,24)(H,21,27)(H,19,22,25). The summed E-state index contributed by atoms with van der Waals surface area (Å²) < 4.78 is 6.77. The van der Waals surface area contributed by atoms with E-state index in [4.69, 9.17) is 12.2 Å². The summed E-state index contributed by atoms with van der Waals surface area (Å²) in [7, 11) is 0. The minimum Gasteiger partial charge on any atom is -0.326 e. The molecule has 0 unspecified atom stereocenters. The molecule has 3 heterocycles. The number of carbonyl (C=O) groups excluding carboxylic acids is 1. The van der Waals surface area contributed by atoms with Gasteiger partial charge in [0.25, 0.3) is 0 Å². The zero-order chi connectivity index (χ0) is 19.5. The first-order valence-corrected chi connectivity index (χ1v) is 9.54. The van der Waals surface area contributed by atoms with Crippen molar-refractivity contribution in [3.63, 3.8) is 0 Å². The number of aromatic amines is 2. The fourth-order valence-electron chi connectivity index (χ4n) is 2.65. The predicted molar refractivity (Wildman–Crippen MR) is 107 cm³/mol. The van der Waals surface area contributed by atoms with Crippen LogP contribution in [0.3, 0.4) is 0 Å². The lowest BCUT2D eigenvalue weighted by Crippen LogP contribution is -2.15. The summed E-state index contributed by atoms with van der Waals surface area (Å²) in [5.41, 5.74) is 1.21. The normalized spacial score (nSPS) is 10.9. The number of amides is 1. The van der Waals surface area contributed by atoms with Gasteiger partial charge in [-0.25, -0.2) is 4.79 Å². The summed E-state index contributed by atoms with van der Waals surface area (Å²) in [6, 6.07) is 10.8. The molecule has 1 aromatic carbocycles. The molecule has 3 aromatic heterocycles. The Labute approximate surface area is 167 Å². The van der Waals surface area contributed by atoms with Crippen LogP contribution in [0.25, 0.3) is 22.1 Å². The molecule has 0 fully saturated rings. The van der Waals surface area contributed by atoms with E-state index in [1.54, 1.807) is 40.2 Å². The van der Waals surface area contributed by atoms with E-state index in [1.165, 1.54) is 0 Å². The quantitative estimate of drug-likeness (QED) is 0.417. The Morgan fingerprint density at radius 1 is 1.32 bits per heavy atom. The summed E-state index contributed by atoms with van der Waals surface area (Å²) in [4.78, 5) is 26.9. The number of carbonyl (C=O) groups is 1. The maximum Gasteiger partial charge on any atom is 0.439 e. The topological polar surface area (TPSA) is 122 Å². The summed E-state index contributed by atoms with van der Waals surface area (Å²) >= 11 is 6.83. The van der Waals surface area contributed by atoms with E-state index >= 15 is 0 Å². The van der Waals surface area contributed by atoms with Gasteiger partial charge in [0, 0.05) is 24.2 Å². The van der Waals surface area contributed by atoms with Gasteiger partial charge in [0.1, 0.15) is 0 Å². The minimum absolute atomic E-state index is 0.175. The molecule has 0 aliphatic carbocycles. The maximum atomic E-state index is 12.4. The van der Waals surface area contributed by atoms with Crippen LogP contribution in [0, 0.1) is 4.77 Å². The first kappa shape index (κ1) is 18.1. The number of aromatic nitrogens is 5. The molecule has 0 aliphatic rings. The number of benzene rings is 1. The first-order valence-electron chi connectivity index (χ1n) is 8.25. The average Bonchev–Trinajstić information content (AvgIpc) is 3.42. The molecule has 0 aliphatic heterocycles. The van der Waals surface area contributed by atoms with Gasteiger partial charge < -0.3 is 5.32 Å². The molecular weight excluding hydrogens is 400 g/mol. The van der Waals surface area contributed by atoms with E-state index in [9.17, 15) is 9.59 Å². The first-order chi connectivity index (χ1) is 13.6. The number of nitrogens with zero attached hydrogens (tertiary/aromatic N) is 3. The van der Waals surface area contributed by atoms with Crippen LogP contribution in [0.5, 0.6) is 0 Å². The zero-order valence-corrected chi connectivity index (χ0v) is 16.0. The van der Waals surface area contributed by atoms with Crippen molar-refractivity contribution in [2.75, 3.05) is 5.32 Å². The Kier molecular flexibility index (Phi) is 5.00. The summed E-state index contributed by atoms with van der Waals surface area (Å²) in [6.45, 7) is 0.394. The zero-order valence-electron chi connectivity index (χ0n) is 14.3. The second-order valence-corrected chi connectivity index (χ2v) is 7.14. The van der Waals surface area contributed by atoms with Crippen LogP contribution in [-0.4, -0.2) is 30.8 Å². The SMILES string of the molecule is O=C(CCn1c(-c2cccs2)n[nH]c1=S)Nc1cccc(-c2noc(=O)[nH]2)c1. The average molecular weight is 414 g/mol. The number of nitrogens with one attached hydrogen (secondary N) is 3. The van der Waals surface area contributed by atoms with Crippen LogP contribution < -0.4 is 11.1 Å². The van der Waals surface area contributed by atoms with Crippen LogP contribution in [0.1, 0.15) is 6.42 Å². The van der Waals surface area contributed by atoms with Crippen LogP contribution in [0.4, 0.5) is 5.69 Å².